The minimum absolute atomic E-state index is 0. The molecule has 0 aliphatic carbocycles. The average Bonchev–Trinajstić information content (AvgIpc) is 2.24. The molecular weight excluding hydrogens is 305 g/mol. The maximum absolute atomic E-state index is 11.3. The molecule has 0 saturated carbocycles. The van der Waals surface area contributed by atoms with E-state index < -0.39 is 37.2 Å². The normalized spacial score (nSPS) is 10.8. The molecule has 10 heteroatoms. The van der Waals surface area contributed by atoms with Gasteiger partial charge in [0, 0.05) is 5.41 Å². The molecule has 0 amide bonds. The first kappa shape index (κ1) is 20.4. The Kier molecular flexibility index (Phi) is 6.20. The van der Waals surface area contributed by atoms with Crippen molar-refractivity contribution in [3.63, 3.8) is 0 Å². The van der Waals surface area contributed by atoms with E-state index >= 15 is 0 Å². The van der Waals surface area contributed by atoms with Crippen molar-refractivity contribution in [2.45, 2.75) is 40.0 Å². The molecule has 1 aromatic rings. The van der Waals surface area contributed by atoms with Gasteiger partial charge in [0.2, 0.25) is 0 Å². The number of nitro benzene ring substituents is 3. The number of benzene rings is 1. The summed E-state index contributed by atoms with van der Waals surface area (Å²) >= 11 is 0. The fourth-order valence-corrected chi connectivity index (χ4v) is 2.43. The van der Waals surface area contributed by atoms with Gasteiger partial charge in [-0.1, -0.05) is 20.8 Å². The van der Waals surface area contributed by atoms with E-state index in [1.54, 1.807) is 20.8 Å². The van der Waals surface area contributed by atoms with Crippen molar-refractivity contribution in [1.29, 1.82) is 0 Å². The van der Waals surface area contributed by atoms with Gasteiger partial charge in [-0.05, 0) is 13.8 Å². The Morgan fingerprint density at radius 3 is 1.18 bits per heavy atom. The van der Waals surface area contributed by atoms with Crippen LogP contribution in [0.3, 0.4) is 0 Å². The second-order valence-electron chi connectivity index (χ2n) is 5.69. The summed E-state index contributed by atoms with van der Waals surface area (Å²) < 4.78 is 0. The third-order valence-electron chi connectivity index (χ3n) is 3.19. The topological polar surface area (TPSA) is 129 Å². The van der Waals surface area contributed by atoms with Gasteiger partial charge in [0.25, 0.3) is 17.1 Å². The van der Waals surface area contributed by atoms with Crippen LogP contribution in [0.1, 0.15) is 37.5 Å². The minimum atomic E-state index is -0.907. The van der Waals surface area contributed by atoms with Gasteiger partial charge in [-0.15, -0.1) is 0 Å². The van der Waals surface area contributed by atoms with Gasteiger partial charge in [-0.3, -0.25) is 30.3 Å². The molecule has 0 spiro atoms. The first-order chi connectivity index (χ1) is 9.41. The van der Waals surface area contributed by atoms with Gasteiger partial charge in [0.15, 0.2) is 0 Å². The molecule has 0 aliphatic rings. The van der Waals surface area contributed by atoms with Crippen LogP contribution in [0.2, 0.25) is 0 Å². The summed E-state index contributed by atoms with van der Waals surface area (Å²) in [6.07, 6.45) is 0. The SMILES string of the molecule is Cc1c([N+](=O)[O-])c(C)c([N+](=O)[O-])c(C(C)(C)C)c1[N+](=O)[O-].[Na+]. The standard InChI is InChI=1S/C12H15N3O6.Na/c1-6-9(13(16)17)7(2)11(15(20)21)8(12(3,4)5)10(6)14(18)19;/h1-5H3;/q;+1. The Morgan fingerprint density at radius 1 is 0.727 bits per heavy atom. The predicted molar refractivity (Wildman–Crippen MR) is 74.6 cm³/mol. The van der Waals surface area contributed by atoms with Gasteiger partial charge in [-0.25, -0.2) is 0 Å². The van der Waals surface area contributed by atoms with Crippen molar-refractivity contribution >= 4 is 17.1 Å². The predicted octanol–water partition coefficient (Wildman–Crippen LogP) is 0.330. The monoisotopic (exact) mass is 320 g/mol. The van der Waals surface area contributed by atoms with Crippen LogP contribution in [-0.2, 0) is 5.41 Å². The molecule has 22 heavy (non-hydrogen) atoms. The molecular formula is C12H15N3NaO6+. The van der Waals surface area contributed by atoms with E-state index in [0.717, 1.165) is 0 Å². The number of rotatable bonds is 3. The summed E-state index contributed by atoms with van der Waals surface area (Å²) in [5.41, 5.74) is -3.05. The molecule has 0 N–H and O–H groups in total. The van der Waals surface area contributed by atoms with Crippen LogP contribution in [0.4, 0.5) is 17.1 Å². The first-order valence-electron chi connectivity index (χ1n) is 6.02. The van der Waals surface area contributed by atoms with Crippen molar-refractivity contribution in [2.75, 3.05) is 0 Å². The van der Waals surface area contributed by atoms with E-state index in [2.05, 4.69) is 0 Å². The second-order valence-corrected chi connectivity index (χ2v) is 5.69. The molecule has 0 radical (unpaired) electrons. The van der Waals surface area contributed by atoms with Gasteiger partial charge in [0.1, 0.15) is 16.7 Å². The zero-order valence-electron chi connectivity index (χ0n) is 13.3. The number of nitrogens with zero attached hydrogens (tertiary/aromatic N) is 3. The molecule has 1 aromatic carbocycles. The first-order valence-corrected chi connectivity index (χ1v) is 6.02. The molecule has 114 valence electrons. The molecule has 0 saturated heterocycles. The van der Waals surface area contributed by atoms with Crippen LogP contribution >= 0.6 is 0 Å². The smallest absolute Gasteiger partial charge is 0.258 e. The molecule has 0 fully saturated rings. The Hall–Kier alpha value is -1.58. The molecule has 1 rings (SSSR count). The average molecular weight is 320 g/mol. The van der Waals surface area contributed by atoms with E-state index in [4.69, 9.17) is 0 Å². The molecule has 0 atom stereocenters. The van der Waals surface area contributed by atoms with Crippen molar-refractivity contribution in [3.8, 4) is 0 Å². The summed E-state index contributed by atoms with van der Waals surface area (Å²) in [4.78, 5) is 31.3. The van der Waals surface area contributed by atoms with Gasteiger partial charge in [0.05, 0.1) is 14.8 Å². The van der Waals surface area contributed by atoms with Crippen LogP contribution in [0, 0.1) is 44.2 Å². The van der Waals surface area contributed by atoms with Crippen LogP contribution < -0.4 is 29.6 Å². The second kappa shape index (κ2) is 6.67. The number of hydrogen-bond acceptors (Lipinski definition) is 6. The van der Waals surface area contributed by atoms with Crippen LogP contribution in [0.25, 0.3) is 0 Å². The van der Waals surface area contributed by atoms with E-state index in [9.17, 15) is 30.3 Å². The van der Waals surface area contributed by atoms with Gasteiger partial charge in [-0.2, -0.15) is 0 Å². The van der Waals surface area contributed by atoms with Crippen LogP contribution in [0.15, 0.2) is 0 Å². The van der Waals surface area contributed by atoms with E-state index in [1.807, 2.05) is 0 Å². The van der Waals surface area contributed by atoms with Gasteiger partial charge >= 0.3 is 29.6 Å². The van der Waals surface area contributed by atoms with Crippen molar-refractivity contribution in [3.05, 3.63) is 47.0 Å². The third-order valence-corrected chi connectivity index (χ3v) is 3.19. The van der Waals surface area contributed by atoms with Crippen LogP contribution in [0.5, 0.6) is 0 Å². The van der Waals surface area contributed by atoms with E-state index in [-0.39, 0.29) is 46.2 Å². The number of nitro groups is 3. The largest absolute Gasteiger partial charge is 1.00 e. The Bertz CT molecular complexity index is 625. The molecule has 0 bridgehead atoms. The van der Waals surface area contributed by atoms with E-state index in [0.29, 0.717) is 0 Å². The maximum Gasteiger partial charge on any atom is 1.00 e. The molecule has 0 aliphatic heterocycles. The van der Waals surface area contributed by atoms with Gasteiger partial charge < -0.3 is 0 Å². The quantitative estimate of drug-likeness (QED) is 0.448. The molecule has 9 nitrogen and oxygen atoms in total. The summed E-state index contributed by atoms with van der Waals surface area (Å²) in [5.74, 6) is 0. The Morgan fingerprint density at radius 2 is 1.00 bits per heavy atom. The maximum atomic E-state index is 11.3. The van der Waals surface area contributed by atoms with E-state index in [1.165, 1.54) is 13.8 Å². The molecule has 0 aromatic heterocycles. The summed E-state index contributed by atoms with van der Waals surface area (Å²) in [5, 5.41) is 33.7. The summed E-state index contributed by atoms with van der Waals surface area (Å²) in [7, 11) is 0. The van der Waals surface area contributed by atoms with Crippen molar-refractivity contribution in [1.82, 2.24) is 0 Å². The fourth-order valence-electron chi connectivity index (χ4n) is 2.43. The third kappa shape index (κ3) is 3.42. The zero-order valence-corrected chi connectivity index (χ0v) is 15.3. The minimum Gasteiger partial charge on any atom is -0.258 e. The Labute approximate surface area is 148 Å². The Balaban J connectivity index is 0.00000441. The zero-order chi connectivity index (χ0) is 16.7. The van der Waals surface area contributed by atoms with Crippen molar-refractivity contribution < 1.29 is 44.3 Å². The fraction of sp³-hybridized carbons (Fsp3) is 0.500. The summed E-state index contributed by atoms with van der Waals surface area (Å²) in [6, 6.07) is 0. The summed E-state index contributed by atoms with van der Waals surface area (Å²) in [6.45, 7) is 7.25. The van der Waals surface area contributed by atoms with Crippen molar-refractivity contribution in [2.24, 2.45) is 0 Å². The molecule has 0 heterocycles. The molecule has 0 unspecified atom stereocenters. The van der Waals surface area contributed by atoms with Crippen LogP contribution in [-0.4, -0.2) is 14.8 Å². The number of hydrogen-bond donors (Lipinski definition) is 0.